The lowest BCUT2D eigenvalue weighted by atomic mass is 10.1. The minimum atomic E-state index is -1.70. The smallest absolute Gasteiger partial charge is 0.134 e. The number of anilines is 1. The minimum absolute atomic E-state index is 1.14. The van der Waals surface area contributed by atoms with Crippen LogP contribution in [0.25, 0.3) is 0 Å². The molecule has 0 bridgehead atoms. The first-order chi connectivity index (χ1) is 11.6. The molecule has 0 radical (unpaired) electrons. The molecule has 24 heavy (non-hydrogen) atoms. The lowest BCUT2D eigenvalue weighted by Crippen LogP contribution is -2.34. The molecule has 0 aliphatic heterocycles. The van der Waals surface area contributed by atoms with Gasteiger partial charge in [-0.15, -0.1) is 11.5 Å². The molecule has 0 saturated carbocycles. The van der Waals surface area contributed by atoms with E-state index in [0.717, 1.165) is 6.42 Å². The molecule has 1 aromatic rings. The summed E-state index contributed by atoms with van der Waals surface area (Å²) in [5.41, 5.74) is 9.63. The highest BCUT2D eigenvalue weighted by Crippen LogP contribution is 2.33. The van der Waals surface area contributed by atoms with Crippen molar-refractivity contribution in [3.63, 3.8) is 0 Å². The fourth-order valence-corrected chi connectivity index (χ4v) is 6.81. The molecule has 0 N–H and O–H groups in total. The summed E-state index contributed by atoms with van der Waals surface area (Å²) in [6.07, 6.45) is 15.2. The first-order valence-electron chi connectivity index (χ1n) is 8.63. The van der Waals surface area contributed by atoms with Crippen molar-refractivity contribution in [1.82, 2.24) is 0 Å². The summed E-state index contributed by atoms with van der Waals surface area (Å²) in [6, 6.07) is 10.2. The van der Waals surface area contributed by atoms with Crippen LogP contribution in [-0.4, -0.2) is 22.2 Å². The van der Waals surface area contributed by atoms with Crippen LogP contribution in [0.4, 0.5) is 5.69 Å². The predicted molar refractivity (Wildman–Crippen MR) is 107 cm³/mol. The van der Waals surface area contributed by atoms with Crippen LogP contribution in [0, 0.1) is 0 Å². The van der Waals surface area contributed by atoms with Gasteiger partial charge in [-0.05, 0) is 52.7 Å². The van der Waals surface area contributed by atoms with Crippen molar-refractivity contribution < 1.29 is 0 Å². The molecule has 2 heteroatoms. The van der Waals surface area contributed by atoms with Gasteiger partial charge in [0.25, 0.3) is 0 Å². The van der Waals surface area contributed by atoms with Crippen molar-refractivity contribution in [2.45, 2.75) is 25.4 Å². The predicted octanol–water partition coefficient (Wildman–Crippen LogP) is 5.14. The number of hydrogen-bond donors (Lipinski definition) is 0. The summed E-state index contributed by atoms with van der Waals surface area (Å²) >= 11 is 0. The van der Waals surface area contributed by atoms with Gasteiger partial charge < -0.3 is 4.90 Å². The van der Waals surface area contributed by atoms with E-state index in [-0.39, 0.29) is 0 Å². The summed E-state index contributed by atoms with van der Waals surface area (Å²) in [6.45, 7) is 2.46. The van der Waals surface area contributed by atoms with E-state index in [1.807, 2.05) is 12.2 Å². The quantitative estimate of drug-likeness (QED) is 0.493. The molecule has 0 saturated heterocycles. The van der Waals surface area contributed by atoms with Crippen LogP contribution in [0.15, 0.2) is 82.6 Å². The molecule has 1 nitrogen and oxygen atoms in total. The Morgan fingerprint density at radius 1 is 0.917 bits per heavy atom. The second kappa shape index (κ2) is 7.11. The van der Waals surface area contributed by atoms with Gasteiger partial charge >= 0.3 is 0 Å². The van der Waals surface area contributed by atoms with Gasteiger partial charge in [0.2, 0.25) is 0 Å². The van der Waals surface area contributed by atoms with E-state index >= 15 is 0 Å². The Labute approximate surface area is 146 Å². The van der Waals surface area contributed by atoms with E-state index < -0.39 is 8.07 Å². The Hall–Kier alpha value is -2.24. The number of rotatable bonds is 7. The van der Waals surface area contributed by atoms with E-state index in [1.54, 1.807) is 0 Å². The van der Waals surface area contributed by atoms with Gasteiger partial charge in [-0.25, -0.2) is 0 Å². The minimum Gasteiger partial charge on any atom is -0.378 e. The monoisotopic (exact) mass is 331 g/mol. The van der Waals surface area contributed by atoms with Gasteiger partial charge in [-0.1, -0.05) is 49.4 Å². The van der Waals surface area contributed by atoms with Gasteiger partial charge in [0, 0.05) is 19.8 Å². The zero-order chi connectivity index (χ0) is 17.0. The Balaban J connectivity index is 1.68. The molecule has 0 fully saturated rings. The van der Waals surface area contributed by atoms with Crippen LogP contribution >= 0.6 is 0 Å². The number of benzene rings is 1. The highest BCUT2D eigenvalue weighted by atomic mass is 28.3. The third kappa shape index (κ3) is 3.47. The van der Waals surface area contributed by atoms with E-state index in [2.05, 4.69) is 85.6 Å². The van der Waals surface area contributed by atoms with Crippen LogP contribution in [0.3, 0.4) is 0 Å². The fourth-order valence-electron chi connectivity index (χ4n) is 3.37. The maximum atomic E-state index is 3.47. The molecule has 3 rings (SSSR count). The topological polar surface area (TPSA) is 3.24 Å². The second-order valence-corrected chi connectivity index (χ2v) is 11.2. The van der Waals surface area contributed by atoms with Crippen LogP contribution < -0.4 is 4.90 Å². The van der Waals surface area contributed by atoms with Crippen molar-refractivity contribution in [3.8, 4) is 0 Å². The van der Waals surface area contributed by atoms with Crippen LogP contribution in [0.2, 0.25) is 12.6 Å². The zero-order valence-electron chi connectivity index (χ0n) is 14.8. The molecule has 2 aliphatic carbocycles. The van der Waals surface area contributed by atoms with Crippen LogP contribution in [0.5, 0.6) is 0 Å². The number of aryl methyl sites for hydroxylation is 1. The van der Waals surface area contributed by atoms with Crippen LogP contribution in [-0.2, 0) is 6.42 Å². The Bertz CT molecular complexity index is 755. The van der Waals surface area contributed by atoms with Gasteiger partial charge in [0.1, 0.15) is 8.07 Å². The number of nitrogens with zero attached hydrogens (tertiary/aromatic N) is 1. The van der Waals surface area contributed by atoms with Gasteiger partial charge in [0.05, 0.1) is 0 Å². The SMILES string of the molecule is CN(C)c1ccc(CCC[Si](C)(C2=C=CC=C2)C2=C=CC=C2)cc1. The molecule has 122 valence electrons. The maximum absolute atomic E-state index is 3.47. The lowest BCUT2D eigenvalue weighted by Gasteiger charge is -2.27. The highest BCUT2D eigenvalue weighted by molar-refractivity contribution is 6.92. The molecule has 0 aromatic heterocycles. The van der Waals surface area contributed by atoms with E-state index in [1.165, 1.54) is 34.1 Å². The third-order valence-electron chi connectivity index (χ3n) is 4.98. The van der Waals surface area contributed by atoms with E-state index in [9.17, 15) is 0 Å². The summed E-state index contributed by atoms with van der Waals surface area (Å²) < 4.78 is 0. The molecular weight excluding hydrogens is 306 g/mol. The summed E-state index contributed by atoms with van der Waals surface area (Å²) in [5, 5.41) is 2.82. The average molecular weight is 332 g/mol. The standard InChI is InChI=1S/C22H25NSi/c1-23(2)20-16-14-19(15-17-20)9-8-18-24(3,21-10-4-5-11-21)22-12-6-7-13-22/h4-7,10,12,14-17H,8-9,18H2,1-3H3. The number of hydrogen-bond acceptors (Lipinski definition) is 1. The summed E-state index contributed by atoms with van der Waals surface area (Å²) in [7, 11) is 2.47. The van der Waals surface area contributed by atoms with Crippen LogP contribution in [0.1, 0.15) is 12.0 Å². The van der Waals surface area contributed by atoms with E-state index in [0.29, 0.717) is 0 Å². The van der Waals surface area contributed by atoms with Crippen molar-refractivity contribution in [1.29, 1.82) is 0 Å². The first kappa shape index (κ1) is 16.6. The molecular formula is C22H25NSi. The maximum Gasteiger partial charge on any atom is 0.134 e. The van der Waals surface area contributed by atoms with Crippen molar-refractivity contribution >= 4 is 13.8 Å². The Morgan fingerprint density at radius 3 is 1.96 bits per heavy atom. The Morgan fingerprint density at radius 2 is 1.50 bits per heavy atom. The van der Waals surface area contributed by atoms with Crippen molar-refractivity contribution in [3.05, 3.63) is 88.1 Å². The van der Waals surface area contributed by atoms with Crippen molar-refractivity contribution in [2.24, 2.45) is 0 Å². The highest BCUT2D eigenvalue weighted by Gasteiger charge is 2.34. The summed E-state index contributed by atoms with van der Waals surface area (Å²) in [5.74, 6) is 0. The molecule has 0 atom stereocenters. The number of allylic oxidation sites excluding steroid dienone is 6. The second-order valence-electron chi connectivity index (χ2n) is 6.91. The zero-order valence-corrected chi connectivity index (χ0v) is 15.8. The Kier molecular flexibility index (Phi) is 4.92. The first-order valence-corrected chi connectivity index (χ1v) is 11.3. The molecule has 0 unspecified atom stereocenters. The molecule has 0 spiro atoms. The molecule has 2 aliphatic rings. The van der Waals surface area contributed by atoms with Gasteiger partial charge in [0.15, 0.2) is 0 Å². The summed E-state index contributed by atoms with van der Waals surface area (Å²) in [4.78, 5) is 2.14. The largest absolute Gasteiger partial charge is 0.378 e. The molecule has 0 heterocycles. The van der Waals surface area contributed by atoms with Crippen molar-refractivity contribution in [2.75, 3.05) is 19.0 Å². The van der Waals surface area contributed by atoms with E-state index in [4.69, 9.17) is 0 Å². The van der Waals surface area contributed by atoms with Gasteiger partial charge in [-0.3, -0.25) is 0 Å². The normalized spacial score (nSPS) is 15.1. The lowest BCUT2D eigenvalue weighted by molar-refractivity contribution is 0.903. The van der Waals surface area contributed by atoms with Gasteiger partial charge in [-0.2, -0.15) is 0 Å². The molecule has 1 aromatic carbocycles. The fraction of sp³-hybridized carbons (Fsp3) is 0.273. The molecule has 0 amide bonds. The third-order valence-corrected chi connectivity index (χ3v) is 9.33. The average Bonchev–Trinajstić information content (AvgIpc) is 3.29.